The Morgan fingerprint density at radius 2 is 2.06 bits per heavy atom. The van der Waals surface area contributed by atoms with Crippen LogP contribution in [0.25, 0.3) is 11.4 Å². The Kier molecular flexibility index (Phi) is 7.29. The molecule has 1 aromatic heterocycles. The maximum atomic E-state index is 13.2. The highest BCUT2D eigenvalue weighted by molar-refractivity contribution is 5.95. The number of hydrogen-bond acceptors (Lipinski definition) is 7. The molecule has 172 valence electrons. The van der Waals surface area contributed by atoms with Gasteiger partial charge >= 0.3 is 5.97 Å². The molecule has 9 nitrogen and oxygen atoms in total. The summed E-state index contributed by atoms with van der Waals surface area (Å²) < 4.78 is 5.85. The van der Waals surface area contributed by atoms with Crippen LogP contribution in [0.4, 0.5) is 5.69 Å². The van der Waals surface area contributed by atoms with Crippen LogP contribution < -0.4 is 20.7 Å². The quantitative estimate of drug-likeness (QED) is 0.478. The predicted octanol–water partition coefficient (Wildman–Crippen LogP) is 3.46. The second kappa shape index (κ2) is 9.95. The van der Waals surface area contributed by atoms with Crippen LogP contribution in [-0.2, 0) is 4.79 Å². The number of H-pyrrole nitrogens is 1. The van der Waals surface area contributed by atoms with Gasteiger partial charge < -0.3 is 14.8 Å². The molecule has 0 fully saturated rings. The number of carboxylic acids is 1. The van der Waals surface area contributed by atoms with Crippen LogP contribution in [0.3, 0.4) is 0 Å². The lowest BCUT2D eigenvalue weighted by Crippen LogP contribution is -2.43. The summed E-state index contributed by atoms with van der Waals surface area (Å²) in [6, 6.07) is 4.72. The predicted molar refractivity (Wildman–Crippen MR) is 121 cm³/mol. The first kappa shape index (κ1) is 23.5. The molecule has 1 aromatic carbocycles. The fraction of sp³-hybridized carbons (Fsp3) is 0.478. The molecule has 1 aliphatic rings. The lowest BCUT2D eigenvalue weighted by Gasteiger charge is -2.26. The molecule has 0 saturated heterocycles. The van der Waals surface area contributed by atoms with Crippen LogP contribution in [-0.4, -0.2) is 39.5 Å². The minimum absolute atomic E-state index is 0.00482. The van der Waals surface area contributed by atoms with E-state index >= 15 is 0 Å². The smallest absolute Gasteiger partial charge is 0.303 e. The number of benzene rings is 1. The summed E-state index contributed by atoms with van der Waals surface area (Å²) in [6.45, 7) is 7.84. The summed E-state index contributed by atoms with van der Waals surface area (Å²) in [5.41, 5.74) is 5.03. The second-order valence-corrected chi connectivity index (χ2v) is 8.01. The summed E-state index contributed by atoms with van der Waals surface area (Å²) in [7, 11) is 0. The molecule has 0 amide bonds. The van der Waals surface area contributed by atoms with Crippen molar-refractivity contribution >= 4 is 17.4 Å². The number of rotatable bonds is 10. The van der Waals surface area contributed by atoms with E-state index in [9.17, 15) is 14.4 Å². The number of aromatic amines is 1. The van der Waals surface area contributed by atoms with Gasteiger partial charge in [0.1, 0.15) is 17.3 Å². The number of aliphatic carboxylic acids is 1. The van der Waals surface area contributed by atoms with Crippen LogP contribution in [0.5, 0.6) is 5.75 Å². The third-order valence-electron chi connectivity index (χ3n) is 5.52. The number of fused-ring (bicyclic) bond motifs is 1. The molecule has 2 unspecified atom stereocenters. The van der Waals surface area contributed by atoms with Crippen molar-refractivity contribution in [2.75, 3.05) is 11.6 Å². The summed E-state index contributed by atoms with van der Waals surface area (Å²) in [6.07, 6.45) is 1.89. The van der Waals surface area contributed by atoms with Gasteiger partial charge in [0.25, 0.3) is 5.56 Å². The summed E-state index contributed by atoms with van der Waals surface area (Å²) in [4.78, 5) is 43.7. The number of nitrogens with one attached hydrogen (secondary N) is 2. The number of carboxylic acid groups (broad SMARTS) is 1. The number of ketones is 1. The normalized spacial score (nSPS) is 16.0. The summed E-state index contributed by atoms with van der Waals surface area (Å²) in [5, 5.41) is 10.7. The Hall–Kier alpha value is -3.20. The van der Waals surface area contributed by atoms with Gasteiger partial charge in [0.15, 0.2) is 5.78 Å². The molecule has 0 aliphatic carbocycles. The molecule has 2 aromatic rings. The van der Waals surface area contributed by atoms with Gasteiger partial charge in [0.2, 0.25) is 0 Å². The van der Waals surface area contributed by atoms with E-state index in [1.807, 2.05) is 20.8 Å². The highest BCUT2D eigenvalue weighted by Crippen LogP contribution is 2.35. The van der Waals surface area contributed by atoms with Crippen LogP contribution in [0.15, 0.2) is 23.0 Å². The number of anilines is 1. The first-order valence-corrected chi connectivity index (χ1v) is 11.0. The Morgan fingerprint density at radius 3 is 2.69 bits per heavy atom. The zero-order valence-electron chi connectivity index (χ0n) is 18.9. The number of aromatic nitrogens is 2. The van der Waals surface area contributed by atoms with Gasteiger partial charge in [-0.3, -0.25) is 19.4 Å². The number of nitrogens with zero attached hydrogens (tertiary/aromatic N) is 2. The van der Waals surface area contributed by atoms with Crippen LogP contribution in [0.1, 0.15) is 75.5 Å². The van der Waals surface area contributed by atoms with Crippen molar-refractivity contribution in [1.29, 1.82) is 0 Å². The Morgan fingerprint density at radius 1 is 1.31 bits per heavy atom. The minimum atomic E-state index is -0.879. The first-order chi connectivity index (χ1) is 15.3. The van der Waals surface area contributed by atoms with E-state index in [0.717, 1.165) is 6.42 Å². The Balaban J connectivity index is 2.08. The molecule has 3 N–H and O–H groups in total. The van der Waals surface area contributed by atoms with E-state index in [-0.39, 0.29) is 29.8 Å². The summed E-state index contributed by atoms with van der Waals surface area (Å²) in [5.74, 6) is -0.0899. The van der Waals surface area contributed by atoms with Gasteiger partial charge in [0, 0.05) is 18.0 Å². The lowest BCUT2D eigenvalue weighted by atomic mass is 10.1. The first-order valence-electron chi connectivity index (χ1n) is 11.0. The molecule has 2 atom stereocenters. The van der Waals surface area contributed by atoms with Crippen molar-refractivity contribution in [3.8, 4) is 17.1 Å². The topological polar surface area (TPSA) is 125 Å². The van der Waals surface area contributed by atoms with Gasteiger partial charge in [-0.05, 0) is 51.3 Å². The van der Waals surface area contributed by atoms with Crippen molar-refractivity contribution in [3.05, 3.63) is 39.8 Å². The minimum Gasteiger partial charge on any atom is -0.493 e. The Labute approximate surface area is 186 Å². The zero-order chi connectivity index (χ0) is 23.4. The van der Waals surface area contributed by atoms with E-state index in [2.05, 4.69) is 10.4 Å². The number of hydrazine groups is 1. The van der Waals surface area contributed by atoms with Crippen molar-refractivity contribution in [1.82, 2.24) is 15.4 Å². The fourth-order valence-corrected chi connectivity index (χ4v) is 3.75. The molecular weight excluding hydrogens is 412 g/mol. The number of carbonyl (C=O) groups is 2. The number of Topliss-reactive ketones (excluding diaryl/α,β-unsaturated/α-hetero) is 1. The average Bonchev–Trinajstić information content (AvgIpc) is 3.15. The molecule has 0 bridgehead atoms. The molecule has 1 aliphatic heterocycles. The Bertz CT molecular complexity index is 1060. The largest absolute Gasteiger partial charge is 0.493 e. The van der Waals surface area contributed by atoms with Crippen molar-refractivity contribution in [2.45, 2.75) is 65.5 Å². The molecule has 0 spiro atoms. The van der Waals surface area contributed by atoms with Crippen LogP contribution in [0.2, 0.25) is 0 Å². The maximum absolute atomic E-state index is 13.2. The molecule has 32 heavy (non-hydrogen) atoms. The van der Waals surface area contributed by atoms with Gasteiger partial charge in [-0.25, -0.2) is 10.4 Å². The number of ether oxygens (including phenoxy) is 1. The van der Waals surface area contributed by atoms with E-state index in [4.69, 9.17) is 14.8 Å². The number of carbonyl (C=O) groups excluding carboxylic acids is 1. The molecule has 9 heteroatoms. The third kappa shape index (κ3) is 4.83. The second-order valence-electron chi connectivity index (χ2n) is 8.01. The molecule has 0 saturated carbocycles. The van der Waals surface area contributed by atoms with E-state index in [1.54, 1.807) is 23.2 Å². The zero-order valence-corrected chi connectivity index (χ0v) is 18.9. The van der Waals surface area contributed by atoms with Gasteiger partial charge in [0.05, 0.1) is 23.9 Å². The molecule has 0 radical (unpaired) electrons. The third-order valence-corrected chi connectivity index (χ3v) is 5.52. The van der Waals surface area contributed by atoms with E-state index < -0.39 is 5.97 Å². The van der Waals surface area contributed by atoms with Crippen molar-refractivity contribution in [2.24, 2.45) is 0 Å². The van der Waals surface area contributed by atoms with Crippen molar-refractivity contribution < 1.29 is 19.4 Å². The average molecular weight is 443 g/mol. The van der Waals surface area contributed by atoms with Crippen LogP contribution in [0, 0.1) is 0 Å². The van der Waals surface area contributed by atoms with Gasteiger partial charge in [-0.15, -0.1) is 0 Å². The van der Waals surface area contributed by atoms with Gasteiger partial charge in [-0.2, -0.15) is 0 Å². The fourth-order valence-electron chi connectivity index (χ4n) is 3.75. The van der Waals surface area contributed by atoms with E-state index in [0.29, 0.717) is 53.5 Å². The highest BCUT2D eigenvalue weighted by Gasteiger charge is 2.35. The van der Waals surface area contributed by atoms with Gasteiger partial charge in [-0.1, -0.05) is 13.8 Å². The molecular formula is C23H30N4O5. The molecule has 2 heterocycles. The lowest BCUT2D eigenvalue weighted by molar-refractivity contribution is -0.137. The molecule has 3 rings (SSSR count). The summed E-state index contributed by atoms with van der Waals surface area (Å²) >= 11 is 0. The maximum Gasteiger partial charge on any atom is 0.303 e. The standard InChI is InChI=1S/C23H30N4O5/c1-5-11-32-18-9-8-15(14(4)28)12-16(18)22-24-20-17(6-2)26-27(21(20)23(31)25-22)13(3)7-10-19(29)30/h8-9,12-13,17,26H,5-7,10-11H2,1-4H3,(H,29,30)(H,24,25,31). The SMILES string of the molecule is CCCOc1ccc(C(C)=O)cc1-c1nc2c(c(=O)[nH]1)N(C(C)CCC(=O)O)NC2CC. The van der Waals surface area contributed by atoms with Crippen molar-refractivity contribution in [3.63, 3.8) is 0 Å². The van der Waals surface area contributed by atoms with E-state index in [1.165, 1.54) is 6.92 Å². The number of hydrogen-bond donors (Lipinski definition) is 3. The monoisotopic (exact) mass is 442 g/mol. The van der Waals surface area contributed by atoms with Crippen LogP contribution >= 0.6 is 0 Å². The highest BCUT2D eigenvalue weighted by atomic mass is 16.5.